The van der Waals surface area contributed by atoms with Gasteiger partial charge in [-0.2, -0.15) is 5.21 Å². The Bertz CT molecular complexity index is 636. The van der Waals surface area contributed by atoms with Crippen LogP contribution >= 0.6 is 0 Å². The van der Waals surface area contributed by atoms with Crippen molar-refractivity contribution in [2.24, 2.45) is 5.73 Å². The largest absolute Gasteiger partial charge is 0.330 e. The number of hydrogen-bond acceptors (Lipinski definition) is 3. The van der Waals surface area contributed by atoms with Crippen LogP contribution in [0.2, 0.25) is 0 Å². The fourth-order valence-corrected chi connectivity index (χ4v) is 2.17. The summed E-state index contributed by atoms with van der Waals surface area (Å²) in [5.41, 5.74) is 8.89. The normalized spacial score (nSPS) is 13.6. The topological polar surface area (TPSA) is 72.0 Å². The fraction of sp³-hybridized carbons (Fsp3) is 0.273. The second-order valence-electron chi connectivity index (χ2n) is 4.03. The van der Waals surface area contributed by atoms with E-state index in [0.29, 0.717) is 6.54 Å². The first-order valence-electron chi connectivity index (χ1n) is 5.33. The number of rotatable bonds is 2. The van der Waals surface area contributed by atoms with Crippen molar-refractivity contribution in [1.29, 1.82) is 0 Å². The second kappa shape index (κ2) is 3.31. The van der Waals surface area contributed by atoms with E-state index in [1.807, 2.05) is 16.6 Å². The van der Waals surface area contributed by atoms with Crippen molar-refractivity contribution in [3.05, 3.63) is 29.8 Å². The standard InChI is InChI=1S/C11H13N5/c1-7(6-12)10-8-4-2-3-5-9(8)16-11(10)13-14-15-16/h2-5,7H,6,12H2,1H3,(H,13,15). The third-order valence-corrected chi connectivity index (χ3v) is 3.02. The van der Waals surface area contributed by atoms with E-state index in [1.165, 1.54) is 10.9 Å². The zero-order chi connectivity index (χ0) is 11.1. The van der Waals surface area contributed by atoms with Crippen molar-refractivity contribution in [3.63, 3.8) is 0 Å². The number of H-pyrrole nitrogens is 1. The first-order chi connectivity index (χ1) is 7.83. The summed E-state index contributed by atoms with van der Waals surface area (Å²) in [6, 6.07) is 8.18. The highest BCUT2D eigenvalue weighted by molar-refractivity contribution is 5.91. The molecule has 3 aromatic rings. The van der Waals surface area contributed by atoms with Gasteiger partial charge in [0, 0.05) is 10.9 Å². The summed E-state index contributed by atoms with van der Waals surface area (Å²) in [6.07, 6.45) is 0. The molecule has 0 fully saturated rings. The molecule has 0 spiro atoms. The fourth-order valence-electron chi connectivity index (χ4n) is 2.17. The minimum absolute atomic E-state index is 0.278. The quantitative estimate of drug-likeness (QED) is 0.676. The molecule has 1 atom stereocenters. The van der Waals surface area contributed by atoms with E-state index in [9.17, 15) is 0 Å². The summed E-state index contributed by atoms with van der Waals surface area (Å²) in [4.78, 5) is 0. The molecule has 2 aromatic heterocycles. The summed E-state index contributed by atoms with van der Waals surface area (Å²) in [7, 11) is 0. The predicted molar refractivity (Wildman–Crippen MR) is 62.3 cm³/mol. The highest BCUT2D eigenvalue weighted by Gasteiger charge is 2.18. The molecule has 0 bridgehead atoms. The monoisotopic (exact) mass is 215 g/mol. The Balaban J connectivity index is 2.47. The Morgan fingerprint density at radius 1 is 1.44 bits per heavy atom. The number of benzene rings is 1. The van der Waals surface area contributed by atoms with E-state index in [-0.39, 0.29) is 5.92 Å². The minimum Gasteiger partial charge on any atom is -0.330 e. The van der Waals surface area contributed by atoms with E-state index in [1.54, 1.807) is 0 Å². The van der Waals surface area contributed by atoms with Gasteiger partial charge >= 0.3 is 0 Å². The predicted octanol–water partition coefficient (Wildman–Crippen LogP) is 1.27. The molecule has 0 aliphatic carbocycles. The summed E-state index contributed by atoms with van der Waals surface area (Å²) >= 11 is 0. The summed E-state index contributed by atoms with van der Waals surface area (Å²) in [5.74, 6) is 0.278. The number of aromatic amines is 1. The lowest BCUT2D eigenvalue weighted by Gasteiger charge is -2.05. The van der Waals surface area contributed by atoms with Crippen molar-refractivity contribution >= 4 is 16.6 Å². The van der Waals surface area contributed by atoms with Gasteiger partial charge in [-0.05, 0) is 18.5 Å². The van der Waals surface area contributed by atoms with Crippen LogP contribution in [-0.4, -0.2) is 26.6 Å². The highest BCUT2D eigenvalue weighted by Crippen LogP contribution is 2.29. The molecule has 5 nitrogen and oxygen atoms in total. The molecule has 0 saturated carbocycles. The molecular weight excluding hydrogens is 202 g/mol. The Kier molecular flexibility index (Phi) is 1.94. The maximum Gasteiger partial charge on any atom is 0.181 e. The van der Waals surface area contributed by atoms with Crippen LogP contribution in [-0.2, 0) is 0 Å². The van der Waals surface area contributed by atoms with Crippen LogP contribution in [0, 0.1) is 0 Å². The molecule has 0 radical (unpaired) electrons. The first-order valence-corrected chi connectivity index (χ1v) is 5.33. The van der Waals surface area contributed by atoms with Crippen LogP contribution < -0.4 is 5.73 Å². The molecule has 0 amide bonds. The molecule has 3 rings (SSSR count). The van der Waals surface area contributed by atoms with Gasteiger partial charge in [0.2, 0.25) is 0 Å². The van der Waals surface area contributed by atoms with Gasteiger partial charge in [-0.15, -0.1) is 5.10 Å². The molecule has 16 heavy (non-hydrogen) atoms. The number of aromatic nitrogens is 4. The molecule has 5 heteroatoms. The van der Waals surface area contributed by atoms with E-state index in [0.717, 1.165) is 11.2 Å². The molecule has 0 aliphatic rings. The van der Waals surface area contributed by atoms with Crippen LogP contribution in [0.4, 0.5) is 0 Å². The molecule has 3 N–H and O–H groups in total. The van der Waals surface area contributed by atoms with Gasteiger partial charge in [0.05, 0.1) is 5.52 Å². The maximum absolute atomic E-state index is 5.75. The van der Waals surface area contributed by atoms with Crippen molar-refractivity contribution in [3.8, 4) is 0 Å². The third kappa shape index (κ3) is 1.09. The number of nitrogens with zero attached hydrogens (tertiary/aromatic N) is 3. The number of nitrogens with one attached hydrogen (secondary N) is 1. The Hall–Kier alpha value is -1.88. The number of nitrogens with two attached hydrogens (primary N) is 1. The number of tetrazole rings is 1. The molecule has 2 heterocycles. The lowest BCUT2D eigenvalue weighted by Crippen LogP contribution is -2.08. The van der Waals surface area contributed by atoms with Crippen LogP contribution in [0.15, 0.2) is 24.3 Å². The van der Waals surface area contributed by atoms with Crippen LogP contribution in [0.1, 0.15) is 18.4 Å². The van der Waals surface area contributed by atoms with Gasteiger partial charge < -0.3 is 5.73 Å². The van der Waals surface area contributed by atoms with Gasteiger partial charge in [-0.25, -0.2) is 4.52 Å². The van der Waals surface area contributed by atoms with Gasteiger partial charge in [-0.3, -0.25) is 0 Å². The average molecular weight is 215 g/mol. The van der Waals surface area contributed by atoms with Crippen molar-refractivity contribution in [1.82, 2.24) is 20.0 Å². The number of hydrogen-bond donors (Lipinski definition) is 2. The lowest BCUT2D eigenvalue weighted by molar-refractivity contribution is 0.783. The molecule has 0 saturated heterocycles. The summed E-state index contributed by atoms with van der Waals surface area (Å²) < 4.78 is 1.90. The molecular formula is C11H13N5. The zero-order valence-corrected chi connectivity index (χ0v) is 9.01. The minimum atomic E-state index is 0.278. The average Bonchev–Trinajstić information content (AvgIpc) is 2.87. The van der Waals surface area contributed by atoms with Gasteiger partial charge in [0.25, 0.3) is 0 Å². The summed E-state index contributed by atoms with van der Waals surface area (Å²) in [6.45, 7) is 2.72. The van der Waals surface area contributed by atoms with Crippen LogP contribution in [0.25, 0.3) is 16.6 Å². The van der Waals surface area contributed by atoms with E-state index < -0.39 is 0 Å². The Morgan fingerprint density at radius 3 is 3.06 bits per heavy atom. The maximum atomic E-state index is 5.75. The van der Waals surface area contributed by atoms with E-state index in [4.69, 9.17) is 5.73 Å². The molecule has 1 aromatic carbocycles. The zero-order valence-electron chi connectivity index (χ0n) is 9.01. The first kappa shape index (κ1) is 9.35. The van der Waals surface area contributed by atoms with Crippen molar-refractivity contribution in [2.45, 2.75) is 12.8 Å². The van der Waals surface area contributed by atoms with Crippen LogP contribution in [0.3, 0.4) is 0 Å². The smallest absolute Gasteiger partial charge is 0.181 e. The molecule has 1 unspecified atom stereocenters. The van der Waals surface area contributed by atoms with Gasteiger partial charge in [0.1, 0.15) is 0 Å². The van der Waals surface area contributed by atoms with Crippen LogP contribution in [0.5, 0.6) is 0 Å². The van der Waals surface area contributed by atoms with Gasteiger partial charge in [0.15, 0.2) is 5.65 Å². The van der Waals surface area contributed by atoms with Gasteiger partial charge in [-0.1, -0.05) is 30.3 Å². The number of fused-ring (bicyclic) bond motifs is 3. The molecule has 82 valence electrons. The summed E-state index contributed by atoms with van der Waals surface area (Å²) in [5, 5.41) is 12.0. The van der Waals surface area contributed by atoms with E-state index >= 15 is 0 Å². The highest BCUT2D eigenvalue weighted by atomic mass is 15.5. The Labute approximate surface area is 92.2 Å². The van der Waals surface area contributed by atoms with E-state index in [2.05, 4.69) is 34.6 Å². The lowest BCUT2D eigenvalue weighted by atomic mass is 10.0. The number of para-hydroxylation sites is 1. The van der Waals surface area contributed by atoms with Crippen molar-refractivity contribution in [2.75, 3.05) is 6.54 Å². The second-order valence-corrected chi connectivity index (χ2v) is 4.03. The third-order valence-electron chi connectivity index (χ3n) is 3.02. The molecule has 0 aliphatic heterocycles. The van der Waals surface area contributed by atoms with Crippen molar-refractivity contribution < 1.29 is 0 Å². The Morgan fingerprint density at radius 2 is 2.25 bits per heavy atom. The SMILES string of the molecule is CC(CN)c1c2ccccc2n2[nH]nnc12.